The summed E-state index contributed by atoms with van der Waals surface area (Å²) in [5.74, 6) is 1.53. The van der Waals surface area contributed by atoms with Crippen molar-refractivity contribution in [1.82, 2.24) is 9.55 Å². The topological polar surface area (TPSA) is 38.1 Å². The van der Waals surface area contributed by atoms with Gasteiger partial charge in [0.25, 0.3) is 5.56 Å². The van der Waals surface area contributed by atoms with E-state index in [1.54, 1.807) is 17.0 Å². The highest BCUT2D eigenvalue weighted by Crippen LogP contribution is 2.28. The lowest BCUT2D eigenvalue weighted by atomic mass is 10.2. The van der Waals surface area contributed by atoms with E-state index in [1.807, 2.05) is 0 Å². The first-order valence-corrected chi connectivity index (χ1v) is 7.05. The van der Waals surface area contributed by atoms with Gasteiger partial charge in [-0.2, -0.15) is 0 Å². The van der Waals surface area contributed by atoms with E-state index in [2.05, 4.69) is 23.7 Å². The van der Waals surface area contributed by atoms with E-state index >= 15 is 0 Å². The van der Waals surface area contributed by atoms with Gasteiger partial charge in [-0.3, -0.25) is 4.79 Å². The maximum atomic E-state index is 12.4. The van der Waals surface area contributed by atoms with Crippen LogP contribution < -0.4 is 10.5 Å². The van der Waals surface area contributed by atoms with Crippen molar-refractivity contribution in [2.45, 2.75) is 39.3 Å². The molecule has 0 radical (unpaired) electrons. The third kappa shape index (κ3) is 3.05. The van der Waals surface area contributed by atoms with E-state index in [-0.39, 0.29) is 5.56 Å². The predicted molar refractivity (Wildman–Crippen MR) is 74.4 cm³/mol. The molecule has 1 aliphatic rings. The molecule has 100 valence electrons. The molecular formula is C13H20ClN3O. The van der Waals surface area contributed by atoms with Crippen molar-refractivity contribution in [1.29, 1.82) is 0 Å². The minimum Gasteiger partial charge on any atom is -0.348 e. The molecule has 0 bridgehead atoms. The van der Waals surface area contributed by atoms with E-state index in [1.165, 1.54) is 0 Å². The number of hydrogen-bond acceptors (Lipinski definition) is 3. The predicted octanol–water partition coefficient (Wildman–Crippen LogP) is 2.11. The van der Waals surface area contributed by atoms with E-state index < -0.39 is 0 Å². The molecule has 0 saturated heterocycles. The Labute approximate surface area is 113 Å². The number of halogens is 1. The zero-order valence-electron chi connectivity index (χ0n) is 11.0. The number of hydrogen-bond donors (Lipinski definition) is 0. The fraction of sp³-hybridized carbons (Fsp3) is 0.692. The first-order valence-electron chi connectivity index (χ1n) is 6.51. The Balaban J connectivity index is 2.28. The fourth-order valence-electron chi connectivity index (χ4n) is 2.11. The van der Waals surface area contributed by atoms with Crippen LogP contribution in [0.3, 0.4) is 0 Å². The van der Waals surface area contributed by atoms with Crippen molar-refractivity contribution < 1.29 is 0 Å². The van der Waals surface area contributed by atoms with Gasteiger partial charge < -0.3 is 9.47 Å². The Bertz CT molecular complexity index is 454. The van der Waals surface area contributed by atoms with Crippen LogP contribution in [0.15, 0.2) is 17.2 Å². The van der Waals surface area contributed by atoms with Crippen LogP contribution in [0.25, 0.3) is 0 Å². The highest BCUT2D eigenvalue weighted by atomic mass is 35.5. The van der Waals surface area contributed by atoms with Gasteiger partial charge in [0.15, 0.2) is 5.82 Å². The van der Waals surface area contributed by atoms with E-state index in [4.69, 9.17) is 11.6 Å². The molecule has 18 heavy (non-hydrogen) atoms. The Morgan fingerprint density at radius 2 is 2.28 bits per heavy atom. The summed E-state index contributed by atoms with van der Waals surface area (Å²) < 4.78 is 1.75. The number of anilines is 1. The molecule has 4 nitrogen and oxygen atoms in total. The Morgan fingerprint density at radius 1 is 1.56 bits per heavy atom. The Morgan fingerprint density at radius 3 is 2.83 bits per heavy atom. The summed E-state index contributed by atoms with van der Waals surface area (Å²) in [6.07, 6.45) is 5.74. The number of aromatic nitrogens is 2. The third-order valence-electron chi connectivity index (χ3n) is 3.04. The lowest BCUT2D eigenvalue weighted by Crippen LogP contribution is -2.36. The summed E-state index contributed by atoms with van der Waals surface area (Å²) >= 11 is 5.82. The molecule has 5 heteroatoms. The summed E-state index contributed by atoms with van der Waals surface area (Å²) in [6.45, 7) is 5.63. The summed E-state index contributed by atoms with van der Waals surface area (Å²) in [7, 11) is 0. The second-order valence-electron chi connectivity index (χ2n) is 5.22. The minimum absolute atomic E-state index is 0.00298. The molecular weight excluding hydrogens is 250 g/mol. The highest BCUT2D eigenvalue weighted by molar-refractivity contribution is 6.18. The second kappa shape index (κ2) is 5.74. The van der Waals surface area contributed by atoms with Gasteiger partial charge in [-0.25, -0.2) is 4.98 Å². The molecule has 1 aliphatic carbocycles. The summed E-state index contributed by atoms with van der Waals surface area (Å²) in [5.41, 5.74) is 0.00298. The van der Waals surface area contributed by atoms with Gasteiger partial charge in [-0.05, 0) is 18.8 Å². The Kier molecular flexibility index (Phi) is 4.27. The molecule has 1 heterocycles. The van der Waals surface area contributed by atoms with Crippen LogP contribution in [0.4, 0.5) is 5.82 Å². The van der Waals surface area contributed by atoms with Crippen molar-refractivity contribution in [3.63, 3.8) is 0 Å². The van der Waals surface area contributed by atoms with E-state index in [0.717, 1.165) is 19.4 Å². The van der Waals surface area contributed by atoms with Gasteiger partial charge in [0.1, 0.15) is 0 Å². The lowest BCUT2D eigenvalue weighted by Gasteiger charge is -2.22. The zero-order chi connectivity index (χ0) is 13.1. The maximum Gasteiger partial charge on any atom is 0.293 e. The molecule has 1 fully saturated rings. The summed E-state index contributed by atoms with van der Waals surface area (Å²) in [5, 5.41) is 0. The Hall–Kier alpha value is -1.03. The standard InChI is InChI=1S/C13H20ClN3O/c1-10(2)9-16-8-6-15-12(13(16)18)17(7-5-14)11-3-4-11/h6,8,10-11H,3-5,7,9H2,1-2H3. The average molecular weight is 270 g/mol. The van der Waals surface area contributed by atoms with Crippen LogP contribution in [-0.2, 0) is 6.54 Å². The minimum atomic E-state index is 0.00298. The SMILES string of the molecule is CC(C)Cn1ccnc(N(CCCl)C2CC2)c1=O. The van der Waals surface area contributed by atoms with E-state index in [9.17, 15) is 4.79 Å². The summed E-state index contributed by atoms with van der Waals surface area (Å²) in [6, 6.07) is 0.457. The molecule has 2 rings (SSSR count). The molecule has 0 atom stereocenters. The number of rotatable bonds is 6. The smallest absolute Gasteiger partial charge is 0.293 e. The quantitative estimate of drug-likeness (QED) is 0.743. The monoisotopic (exact) mass is 269 g/mol. The molecule has 0 unspecified atom stereocenters. The van der Waals surface area contributed by atoms with Gasteiger partial charge in [-0.15, -0.1) is 11.6 Å². The molecule has 0 spiro atoms. The van der Waals surface area contributed by atoms with Crippen LogP contribution in [0.5, 0.6) is 0 Å². The molecule has 0 N–H and O–H groups in total. The first kappa shape index (κ1) is 13.4. The molecule has 1 aromatic rings. The molecule has 0 aliphatic heterocycles. The van der Waals surface area contributed by atoms with Crippen molar-refractivity contribution in [3.05, 3.63) is 22.7 Å². The second-order valence-corrected chi connectivity index (χ2v) is 5.59. The highest BCUT2D eigenvalue weighted by Gasteiger charge is 2.31. The van der Waals surface area contributed by atoms with Gasteiger partial charge in [0, 0.05) is 37.4 Å². The normalized spacial score (nSPS) is 15.1. The first-order chi connectivity index (χ1) is 8.63. The van der Waals surface area contributed by atoms with Crippen LogP contribution in [-0.4, -0.2) is 28.0 Å². The van der Waals surface area contributed by atoms with Crippen molar-refractivity contribution >= 4 is 17.4 Å². The third-order valence-corrected chi connectivity index (χ3v) is 3.21. The van der Waals surface area contributed by atoms with Gasteiger partial charge in [0.05, 0.1) is 0 Å². The van der Waals surface area contributed by atoms with Crippen molar-refractivity contribution in [3.8, 4) is 0 Å². The number of nitrogens with zero attached hydrogens (tertiary/aromatic N) is 3. The van der Waals surface area contributed by atoms with E-state index in [0.29, 0.717) is 30.2 Å². The number of alkyl halides is 1. The van der Waals surface area contributed by atoms with Gasteiger partial charge >= 0.3 is 0 Å². The maximum absolute atomic E-state index is 12.4. The summed E-state index contributed by atoms with van der Waals surface area (Å²) in [4.78, 5) is 18.7. The van der Waals surface area contributed by atoms with Crippen LogP contribution >= 0.6 is 11.6 Å². The van der Waals surface area contributed by atoms with Gasteiger partial charge in [0.2, 0.25) is 0 Å². The van der Waals surface area contributed by atoms with Crippen LogP contribution in [0.1, 0.15) is 26.7 Å². The zero-order valence-corrected chi connectivity index (χ0v) is 11.7. The van der Waals surface area contributed by atoms with Crippen LogP contribution in [0, 0.1) is 5.92 Å². The van der Waals surface area contributed by atoms with Crippen LogP contribution in [0.2, 0.25) is 0 Å². The molecule has 0 aromatic carbocycles. The average Bonchev–Trinajstić information content (AvgIpc) is 3.13. The molecule has 0 amide bonds. The molecule has 1 saturated carbocycles. The largest absolute Gasteiger partial charge is 0.348 e. The van der Waals surface area contributed by atoms with Crippen molar-refractivity contribution in [2.75, 3.05) is 17.3 Å². The fourth-order valence-corrected chi connectivity index (χ4v) is 2.29. The van der Waals surface area contributed by atoms with Gasteiger partial charge in [-0.1, -0.05) is 13.8 Å². The van der Waals surface area contributed by atoms with Crippen molar-refractivity contribution in [2.24, 2.45) is 5.92 Å². The lowest BCUT2D eigenvalue weighted by molar-refractivity contribution is 0.508. The molecule has 1 aromatic heterocycles.